The summed E-state index contributed by atoms with van der Waals surface area (Å²) in [5.74, 6) is 0.237. The van der Waals surface area contributed by atoms with Crippen LogP contribution in [0.3, 0.4) is 0 Å². The van der Waals surface area contributed by atoms with Gasteiger partial charge in [0, 0.05) is 6.54 Å². The van der Waals surface area contributed by atoms with Crippen molar-refractivity contribution < 1.29 is 38.6 Å². The standard InChI is InChI=1S/C20H18F3NO6S2/c1-31(25,26)24(14-18-8-4-10-29-18)13-15-5-2-7-17(11-15)30-32(27,28)19-9-3-6-16(12-19)20(21,22)23/h2-12H,13-14H2,1H3. The van der Waals surface area contributed by atoms with E-state index in [0.717, 1.165) is 28.8 Å². The molecular weight excluding hydrogens is 471 g/mol. The topological polar surface area (TPSA) is 93.9 Å². The molecule has 0 N–H and O–H groups in total. The number of nitrogens with zero attached hydrogens (tertiary/aromatic N) is 1. The van der Waals surface area contributed by atoms with Crippen molar-refractivity contribution in [1.82, 2.24) is 4.31 Å². The van der Waals surface area contributed by atoms with Gasteiger partial charge in [0.1, 0.15) is 16.4 Å². The minimum absolute atomic E-state index is 0.0422. The van der Waals surface area contributed by atoms with Gasteiger partial charge in [-0.1, -0.05) is 18.2 Å². The molecule has 3 rings (SSSR count). The fourth-order valence-electron chi connectivity index (χ4n) is 2.77. The van der Waals surface area contributed by atoms with Crippen molar-refractivity contribution in [3.05, 3.63) is 83.8 Å². The summed E-state index contributed by atoms with van der Waals surface area (Å²) < 4.78 is 99.2. The number of halogens is 3. The second kappa shape index (κ2) is 8.96. The Morgan fingerprint density at radius 3 is 2.28 bits per heavy atom. The zero-order valence-electron chi connectivity index (χ0n) is 16.6. The van der Waals surface area contributed by atoms with Crippen molar-refractivity contribution in [2.75, 3.05) is 6.26 Å². The fourth-order valence-corrected chi connectivity index (χ4v) is 4.48. The van der Waals surface area contributed by atoms with Crippen LogP contribution < -0.4 is 4.18 Å². The maximum atomic E-state index is 12.9. The van der Waals surface area contributed by atoms with Gasteiger partial charge in [0.15, 0.2) is 0 Å². The van der Waals surface area contributed by atoms with Crippen LogP contribution in [0.4, 0.5) is 13.2 Å². The summed E-state index contributed by atoms with van der Waals surface area (Å²) in [7, 11) is -8.20. The van der Waals surface area contributed by atoms with Crippen LogP contribution in [0.1, 0.15) is 16.9 Å². The van der Waals surface area contributed by atoms with Crippen molar-refractivity contribution in [1.29, 1.82) is 0 Å². The summed E-state index contributed by atoms with van der Waals surface area (Å²) >= 11 is 0. The molecule has 0 spiro atoms. The molecule has 7 nitrogen and oxygen atoms in total. The summed E-state index contributed by atoms with van der Waals surface area (Å²) in [5, 5.41) is 0. The molecule has 3 aromatic rings. The van der Waals surface area contributed by atoms with Gasteiger partial charge < -0.3 is 8.60 Å². The Labute approximate surface area is 183 Å². The predicted molar refractivity (Wildman–Crippen MR) is 108 cm³/mol. The lowest BCUT2D eigenvalue weighted by atomic mass is 10.2. The number of benzene rings is 2. The first-order valence-corrected chi connectivity index (χ1v) is 12.3. The van der Waals surface area contributed by atoms with Gasteiger partial charge in [-0.15, -0.1) is 0 Å². The van der Waals surface area contributed by atoms with Crippen LogP contribution in [0, 0.1) is 0 Å². The van der Waals surface area contributed by atoms with Gasteiger partial charge in [-0.2, -0.15) is 25.9 Å². The van der Waals surface area contributed by atoms with Crippen LogP contribution in [-0.4, -0.2) is 27.4 Å². The van der Waals surface area contributed by atoms with Crippen molar-refractivity contribution in [2.24, 2.45) is 0 Å². The Hall–Kier alpha value is -2.83. The fraction of sp³-hybridized carbons (Fsp3) is 0.200. The van der Waals surface area contributed by atoms with Gasteiger partial charge in [-0.25, -0.2) is 8.42 Å². The van der Waals surface area contributed by atoms with Crippen LogP contribution in [0.2, 0.25) is 0 Å². The molecule has 0 aliphatic heterocycles. The van der Waals surface area contributed by atoms with E-state index in [0.29, 0.717) is 17.4 Å². The quantitative estimate of drug-likeness (QED) is 0.444. The largest absolute Gasteiger partial charge is 0.468 e. The summed E-state index contributed by atoms with van der Waals surface area (Å²) in [4.78, 5) is -0.659. The van der Waals surface area contributed by atoms with Crippen LogP contribution >= 0.6 is 0 Å². The summed E-state index contributed by atoms with van der Waals surface area (Å²) in [6.45, 7) is -0.153. The third-order valence-electron chi connectivity index (χ3n) is 4.29. The molecule has 1 aromatic heterocycles. The molecular formula is C20H18F3NO6S2. The summed E-state index contributed by atoms with van der Waals surface area (Å²) in [6.07, 6.45) is -2.29. The molecule has 0 fully saturated rings. The third kappa shape index (κ3) is 6.11. The molecule has 0 atom stereocenters. The molecule has 1 heterocycles. The van der Waals surface area contributed by atoms with Crippen LogP contribution in [0.15, 0.2) is 76.2 Å². The molecule has 0 saturated carbocycles. The molecule has 0 aliphatic carbocycles. The first kappa shape index (κ1) is 23.8. The third-order valence-corrected chi connectivity index (χ3v) is 6.73. The Balaban J connectivity index is 1.82. The highest BCUT2D eigenvalue weighted by atomic mass is 32.2. The zero-order valence-corrected chi connectivity index (χ0v) is 18.2. The zero-order chi connectivity index (χ0) is 23.6. The van der Waals surface area contributed by atoms with E-state index in [-0.39, 0.29) is 18.8 Å². The SMILES string of the molecule is CS(=O)(=O)N(Cc1cccc(OS(=O)(=O)c2cccc(C(F)(F)F)c2)c1)Cc1ccco1. The number of hydrogen-bond acceptors (Lipinski definition) is 6. The molecule has 32 heavy (non-hydrogen) atoms. The van der Waals surface area contributed by atoms with Crippen LogP contribution in [0.25, 0.3) is 0 Å². The van der Waals surface area contributed by atoms with Gasteiger partial charge in [0.25, 0.3) is 0 Å². The average molecular weight is 489 g/mol. The minimum Gasteiger partial charge on any atom is -0.468 e. The van der Waals surface area contributed by atoms with Crippen molar-refractivity contribution in [3.8, 4) is 5.75 Å². The van der Waals surface area contributed by atoms with E-state index in [1.54, 1.807) is 18.2 Å². The van der Waals surface area contributed by atoms with E-state index in [4.69, 9.17) is 8.60 Å². The van der Waals surface area contributed by atoms with Crippen molar-refractivity contribution in [3.63, 3.8) is 0 Å². The van der Waals surface area contributed by atoms with Gasteiger partial charge in [0.05, 0.1) is 24.6 Å². The lowest BCUT2D eigenvalue weighted by Crippen LogP contribution is -2.28. The maximum Gasteiger partial charge on any atom is 0.416 e. The molecule has 0 bridgehead atoms. The van der Waals surface area contributed by atoms with E-state index in [2.05, 4.69) is 0 Å². The molecule has 0 amide bonds. The lowest BCUT2D eigenvalue weighted by Gasteiger charge is -2.19. The summed E-state index contributed by atoms with van der Waals surface area (Å²) in [5.41, 5.74) is -0.726. The Morgan fingerprint density at radius 1 is 0.938 bits per heavy atom. The number of hydrogen-bond donors (Lipinski definition) is 0. The highest BCUT2D eigenvalue weighted by Crippen LogP contribution is 2.31. The van der Waals surface area contributed by atoms with E-state index in [1.165, 1.54) is 24.5 Å². The van der Waals surface area contributed by atoms with E-state index >= 15 is 0 Å². The molecule has 12 heteroatoms. The molecule has 0 radical (unpaired) electrons. The molecule has 0 saturated heterocycles. The van der Waals surface area contributed by atoms with Gasteiger partial charge in [0.2, 0.25) is 10.0 Å². The second-order valence-corrected chi connectivity index (χ2v) is 10.3. The van der Waals surface area contributed by atoms with E-state index in [1.807, 2.05) is 0 Å². The van der Waals surface area contributed by atoms with Crippen LogP contribution in [-0.2, 0) is 39.4 Å². The second-order valence-electron chi connectivity index (χ2n) is 6.82. The van der Waals surface area contributed by atoms with E-state index < -0.39 is 36.8 Å². The minimum atomic E-state index is -4.71. The number of rotatable bonds is 8. The lowest BCUT2D eigenvalue weighted by molar-refractivity contribution is -0.137. The highest BCUT2D eigenvalue weighted by Gasteiger charge is 2.32. The number of furan rings is 1. The van der Waals surface area contributed by atoms with E-state index in [9.17, 15) is 30.0 Å². The van der Waals surface area contributed by atoms with Gasteiger partial charge in [-0.05, 0) is 48.0 Å². The molecule has 0 aliphatic rings. The monoisotopic (exact) mass is 489 g/mol. The van der Waals surface area contributed by atoms with Gasteiger partial charge >= 0.3 is 16.3 Å². The first-order chi connectivity index (χ1) is 14.8. The summed E-state index contributed by atoms with van der Waals surface area (Å²) in [6, 6.07) is 12.0. The van der Waals surface area contributed by atoms with Gasteiger partial charge in [-0.3, -0.25) is 0 Å². The Kier molecular flexibility index (Phi) is 6.67. The Bertz CT molecular complexity index is 1290. The van der Waals surface area contributed by atoms with Crippen LogP contribution in [0.5, 0.6) is 5.75 Å². The average Bonchev–Trinajstić information content (AvgIpc) is 3.19. The van der Waals surface area contributed by atoms with Crippen molar-refractivity contribution >= 4 is 20.1 Å². The number of sulfonamides is 1. The smallest absolute Gasteiger partial charge is 0.416 e. The Morgan fingerprint density at radius 2 is 1.66 bits per heavy atom. The maximum absolute atomic E-state index is 12.9. The predicted octanol–water partition coefficient (Wildman–Crippen LogP) is 4.03. The highest BCUT2D eigenvalue weighted by molar-refractivity contribution is 7.88. The normalized spacial score (nSPS) is 12.8. The first-order valence-electron chi connectivity index (χ1n) is 9.03. The molecule has 172 valence electrons. The van der Waals surface area contributed by atoms with Crippen molar-refractivity contribution in [2.45, 2.75) is 24.2 Å². The number of alkyl halides is 3. The molecule has 0 unspecified atom stereocenters. The molecule has 2 aromatic carbocycles.